The maximum atomic E-state index is 12.2. The Bertz CT molecular complexity index is 662. The molecule has 0 N–H and O–H groups in total. The maximum Gasteiger partial charge on any atom is 0.260 e. The van der Waals surface area contributed by atoms with E-state index in [1.165, 1.54) is 0 Å². The molecule has 0 unspecified atom stereocenters. The minimum Gasteiger partial charge on any atom is -0.497 e. The van der Waals surface area contributed by atoms with Crippen LogP contribution >= 0.6 is 0 Å². The van der Waals surface area contributed by atoms with Crippen LogP contribution in [0.2, 0.25) is 0 Å². The largest absolute Gasteiger partial charge is 0.497 e. The molecule has 0 saturated carbocycles. The highest BCUT2D eigenvalue weighted by atomic mass is 16.5. The van der Waals surface area contributed by atoms with E-state index < -0.39 is 0 Å². The molecule has 0 spiro atoms. The number of carbonyl (C=O) groups excluding carboxylic acids is 1. The van der Waals surface area contributed by atoms with Crippen LogP contribution in [0.4, 0.5) is 0 Å². The van der Waals surface area contributed by atoms with E-state index in [1.807, 2.05) is 50.2 Å². The van der Waals surface area contributed by atoms with Gasteiger partial charge in [0.25, 0.3) is 5.91 Å². The first kappa shape index (κ1) is 16.9. The van der Waals surface area contributed by atoms with Crippen LogP contribution in [0.15, 0.2) is 42.5 Å². The summed E-state index contributed by atoms with van der Waals surface area (Å²) in [6.07, 6.45) is 0. The van der Waals surface area contributed by atoms with Gasteiger partial charge in [0.05, 0.1) is 7.11 Å². The van der Waals surface area contributed by atoms with Crippen molar-refractivity contribution in [3.8, 4) is 11.5 Å². The zero-order valence-corrected chi connectivity index (χ0v) is 14.1. The third-order valence-corrected chi connectivity index (χ3v) is 3.54. The smallest absolute Gasteiger partial charge is 0.260 e. The van der Waals surface area contributed by atoms with Gasteiger partial charge in [-0.1, -0.05) is 18.2 Å². The van der Waals surface area contributed by atoms with Crippen LogP contribution in [0.5, 0.6) is 11.5 Å². The number of ether oxygens (including phenoxy) is 2. The molecule has 0 radical (unpaired) electrons. The van der Waals surface area contributed by atoms with Gasteiger partial charge in [0, 0.05) is 13.6 Å². The predicted octanol–water partition coefficient (Wildman–Crippen LogP) is 3.35. The average Bonchev–Trinajstić information content (AvgIpc) is 2.51. The number of hydrogen-bond acceptors (Lipinski definition) is 3. The van der Waals surface area contributed by atoms with Crippen LogP contribution in [0.3, 0.4) is 0 Å². The molecule has 0 fully saturated rings. The van der Waals surface area contributed by atoms with Crippen LogP contribution < -0.4 is 9.47 Å². The normalized spacial score (nSPS) is 10.3. The lowest BCUT2D eigenvalue weighted by molar-refractivity contribution is -0.132. The Labute approximate surface area is 137 Å². The van der Waals surface area contributed by atoms with Crippen molar-refractivity contribution >= 4 is 5.91 Å². The molecule has 2 aromatic carbocycles. The van der Waals surface area contributed by atoms with Gasteiger partial charge in [-0.05, 0) is 54.8 Å². The summed E-state index contributed by atoms with van der Waals surface area (Å²) in [5.41, 5.74) is 3.26. The molecule has 1 amide bonds. The van der Waals surface area contributed by atoms with Crippen molar-refractivity contribution in [3.63, 3.8) is 0 Å². The van der Waals surface area contributed by atoms with Gasteiger partial charge < -0.3 is 14.4 Å². The Morgan fingerprint density at radius 2 is 1.74 bits per heavy atom. The Morgan fingerprint density at radius 1 is 1.04 bits per heavy atom. The quantitative estimate of drug-likeness (QED) is 0.821. The topological polar surface area (TPSA) is 38.8 Å². The number of likely N-dealkylation sites (N-methyl/N-ethyl adjacent to an activating group) is 1. The lowest BCUT2D eigenvalue weighted by atomic mass is 10.1. The van der Waals surface area contributed by atoms with Gasteiger partial charge in [-0.25, -0.2) is 0 Å². The molecule has 0 aliphatic heterocycles. The van der Waals surface area contributed by atoms with Gasteiger partial charge in [0.15, 0.2) is 6.61 Å². The van der Waals surface area contributed by atoms with Gasteiger partial charge in [-0.2, -0.15) is 0 Å². The number of aryl methyl sites for hydroxylation is 2. The molecule has 4 heteroatoms. The second-order valence-corrected chi connectivity index (χ2v) is 5.71. The summed E-state index contributed by atoms with van der Waals surface area (Å²) < 4.78 is 10.8. The minimum absolute atomic E-state index is 0.0311. The molecule has 23 heavy (non-hydrogen) atoms. The summed E-state index contributed by atoms with van der Waals surface area (Å²) in [6.45, 7) is 4.57. The first-order valence-corrected chi connectivity index (χ1v) is 7.56. The minimum atomic E-state index is -0.0630. The van der Waals surface area contributed by atoms with Crippen LogP contribution in [-0.2, 0) is 11.3 Å². The Morgan fingerprint density at radius 3 is 2.39 bits per heavy atom. The molecule has 2 rings (SSSR count). The second kappa shape index (κ2) is 7.68. The van der Waals surface area contributed by atoms with Crippen molar-refractivity contribution in [3.05, 3.63) is 59.2 Å². The molecular formula is C19H23NO3. The van der Waals surface area contributed by atoms with Crippen molar-refractivity contribution in [1.82, 2.24) is 4.90 Å². The van der Waals surface area contributed by atoms with Crippen molar-refractivity contribution in [1.29, 1.82) is 0 Å². The Balaban J connectivity index is 1.91. The van der Waals surface area contributed by atoms with Crippen molar-refractivity contribution in [2.24, 2.45) is 0 Å². The van der Waals surface area contributed by atoms with E-state index in [1.54, 1.807) is 19.1 Å². The Hall–Kier alpha value is -2.49. The lowest BCUT2D eigenvalue weighted by Gasteiger charge is -2.18. The molecule has 0 aromatic heterocycles. The lowest BCUT2D eigenvalue weighted by Crippen LogP contribution is -2.30. The fraction of sp³-hybridized carbons (Fsp3) is 0.316. The van der Waals surface area contributed by atoms with Gasteiger partial charge in [0.1, 0.15) is 11.5 Å². The van der Waals surface area contributed by atoms with Crippen molar-refractivity contribution in [2.45, 2.75) is 20.4 Å². The van der Waals surface area contributed by atoms with E-state index in [0.29, 0.717) is 6.54 Å². The van der Waals surface area contributed by atoms with Crippen LogP contribution in [0.25, 0.3) is 0 Å². The molecule has 0 aliphatic rings. The maximum absolute atomic E-state index is 12.2. The number of nitrogens with zero attached hydrogens (tertiary/aromatic N) is 1. The number of hydrogen-bond donors (Lipinski definition) is 0. The van der Waals surface area contributed by atoms with Crippen LogP contribution in [0.1, 0.15) is 16.7 Å². The van der Waals surface area contributed by atoms with E-state index >= 15 is 0 Å². The summed E-state index contributed by atoms with van der Waals surface area (Å²) in [4.78, 5) is 13.9. The van der Waals surface area contributed by atoms with E-state index in [4.69, 9.17) is 9.47 Å². The van der Waals surface area contributed by atoms with E-state index in [0.717, 1.165) is 28.2 Å². The fourth-order valence-electron chi connectivity index (χ4n) is 2.40. The monoisotopic (exact) mass is 313 g/mol. The zero-order valence-electron chi connectivity index (χ0n) is 14.1. The SMILES string of the molecule is COc1cccc(CN(C)C(=O)COc2cc(C)cc(C)c2)c1. The summed E-state index contributed by atoms with van der Waals surface area (Å²) in [5.74, 6) is 1.45. The number of benzene rings is 2. The van der Waals surface area contributed by atoms with Gasteiger partial charge in [0.2, 0.25) is 0 Å². The number of carbonyl (C=O) groups is 1. The molecule has 0 aliphatic carbocycles. The highest BCUT2D eigenvalue weighted by Crippen LogP contribution is 2.17. The molecule has 4 nitrogen and oxygen atoms in total. The van der Waals surface area contributed by atoms with E-state index in [9.17, 15) is 4.79 Å². The molecule has 2 aromatic rings. The first-order valence-electron chi connectivity index (χ1n) is 7.56. The summed E-state index contributed by atoms with van der Waals surface area (Å²) in [5, 5.41) is 0. The molecule has 0 atom stereocenters. The number of methoxy groups -OCH3 is 1. The summed E-state index contributed by atoms with van der Waals surface area (Å²) in [6, 6.07) is 13.6. The summed E-state index contributed by atoms with van der Waals surface area (Å²) in [7, 11) is 3.40. The van der Waals surface area contributed by atoms with Gasteiger partial charge in [-0.3, -0.25) is 4.79 Å². The molecule has 0 bridgehead atoms. The Kier molecular flexibility index (Phi) is 5.63. The van der Waals surface area contributed by atoms with Gasteiger partial charge >= 0.3 is 0 Å². The molecule has 0 heterocycles. The van der Waals surface area contributed by atoms with Crippen LogP contribution in [-0.4, -0.2) is 31.6 Å². The highest BCUT2D eigenvalue weighted by Gasteiger charge is 2.11. The van der Waals surface area contributed by atoms with Crippen molar-refractivity contribution in [2.75, 3.05) is 20.8 Å². The zero-order chi connectivity index (χ0) is 16.8. The average molecular weight is 313 g/mol. The predicted molar refractivity (Wildman–Crippen MR) is 90.9 cm³/mol. The highest BCUT2D eigenvalue weighted by molar-refractivity contribution is 5.77. The second-order valence-electron chi connectivity index (χ2n) is 5.71. The molecular weight excluding hydrogens is 290 g/mol. The van der Waals surface area contributed by atoms with Crippen LogP contribution in [0, 0.1) is 13.8 Å². The molecule has 122 valence electrons. The third kappa shape index (κ3) is 5.02. The van der Waals surface area contributed by atoms with Crippen molar-refractivity contribution < 1.29 is 14.3 Å². The number of amides is 1. The summed E-state index contributed by atoms with van der Waals surface area (Å²) >= 11 is 0. The first-order chi connectivity index (χ1) is 11.0. The van der Waals surface area contributed by atoms with Gasteiger partial charge in [-0.15, -0.1) is 0 Å². The number of rotatable bonds is 6. The molecule has 0 saturated heterocycles. The van der Waals surface area contributed by atoms with E-state index in [2.05, 4.69) is 6.07 Å². The van der Waals surface area contributed by atoms with E-state index in [-0.39, 0.29) is 12.5 Å². The third-order valence-electron chi connectivity index (χ3n) is 3.54. The fourth-order valence-corrected chi connectivity index (χ4v) is 2.40. The standard InChI is InChI=1S/C19H23NO3/c1-14-8-15(2)10-18(9-14)23-13-19(21)20(3)12-16-6-5-7-17(11-16)22-4/h5-11H,12-13H2,1-4H3.